The van der Waals surface area contributed by atoms with Crippen LogP contribution in [0.4, 0.5) is 5.82 Å². The molecule has 0 saturated carbocycles. The Kier molecular flexibility index (Phi) is 5.05. The van der Waals surface area contributed by atoms with Gasteiger partial charge in [-0.1, -0.05) is 6.42 Å². The summed E-state index contributed by atoms with van der Waals surface area (Å²) < 4.78 is 0. The van der Waals surface area contributed by atoms with Gasteiger partial charge in [-0.25, -0.2) is 9.97 Å². The van der Waals surface area contributed by atoms with Crippen LogP contribution in [-0.2, 0) is 12.8 Å². The molecule has 0 aromatic carbocycles. The second-order valence-corrected chi connectivity index (χ2v) is 6.36. The molecule has 0 saturated heterocycles. The van der Waals surface area contributed by atoms with Crippen LogP contribution in [0.1, 0.15) is 37.4 Å². The van der Waals surface area contributed by atoms with E-state index in [1.165, 1.54) is 30.5 Å². The van der Waals surface area contributed by atoms with Crippen LogP contribution < -0.4 is 5.32 Å². The molecular formula is C14H23N3OS. The molecule has 0 radical (unpaired) electrons. The minimum Gasteiger partial charge on any atom is -0.387 e. The Hall–Kier alpha value is -0.810. The highest BCUT2D eigenvalue weighted by molar-refractivity contribution is 7.98. The lowest BCUT2D eigenvalue weighted by Crippen LogP contribution is -2.36. The van der Waals surface area contributed by atoms with Gasteiger partial charge in [0.25, 0.3) is 0 Å². The van der Waals surface area contributed by atoms with E-state index in [0.717, 1.165) is 18.7 Å². The Morgan fingerprint density at radius 3 is 2.89 bits per heavy atom. The molecule has 2 rings (SSSR count). The Morgan fingerprint density at radius 1 is 1.32 bits per heavy atom. The quantitative estimate of drug-likeness (QED) is 0.811. The second-order valence-electron chi connectivity index (χ2n) is 5.49. The van der Waals surface area contributed by atoms with Gasteiger partial charge in [0.1, 0.15) is 12.1 Å². The van der Waals surface area contributed by atoms with Crippen LogP contribution in [0.15, 0.2) is 6.33 Å². The maximum Gasteiger partial charge on any atom is 0.132 e. The Morgan fingerprint density at radius 2 is 2.11 bits per heavy atom. The zero-order chi connectivity index (χ0) is 13.7. The van der Waals surface area contributed by atoms with Crippen molar-refractivity contribution in [1.29, 1.82) is 0 Å². The lowest BCUT2D eigenvalue weighted by Gasteiger charge is -2.23. The topological polar surface area (TPSA) is 58.0 Å². The van der Waals surface area contributed by atoms with Crippen molar-refractivity contribution in [1.82, 2.24) is 9.97 Å². The number of aromatic nitrogens is 2. The van der Waals surface area contributed by atoms with Crippen LogP contribution in [0.5, 0.6) is 0 Å². The highest BCUT2D eigenvalue weighted by Crippen LogP contribution is 2.24. The largest absolute Gasteiger partial charge is 0.387 e. The summed E-state index contributed by atoms with van der Waals surface area (Å²) in [7, 11) is 0. The van der Waals surface area contributed by atoms with Crippen molar-refractivity contribution in [3.8, 4) is 0 Å². The van der Waals surface area contributed by atoms with Crippen molar-refractivity contribution in [3.05, 3.63) is 17.6 Å². The molecule has 1 unspecified atom stereocenters. The summed E-state index contributed by atoms with van der Waals surface area (Å²) in [6.45, 7) is 2.38. The Labute approximate surface area is 119 Å². The summed E-state index contributed by atoms with van der Waals surface area (Å²) in [6, 6.07) is 0. The van der Waals surface area contributed by atoms with Crippen molar-refractivity contribution in [2.45, 2.75) is 44.6 Å². The summed E-state index contributed by atoms with van der Waals surface area (Å²) in [5, 5.41) is 13.5. The third-order valence-electron chi connectivity index (χ3n) is 3.47. The summed E-state index contributed by atoms with van der Waals surface area (Å²) in [5.41, 5.74) is 1.72. The van der Waals surface area contributed by atoms with E-state index in [2.05, 4.69) is 15.3 Å². The summed E-state index contributed by atoms with van der Waals surface area (Å²) in [6.07, 6.45) is 9.42. The van der Waals surface area contributed by atoms with Gasteiger partial charge in [-0.15, -0.1) is 0 Å². The van der Waals surface area contributed by atoms with Gasteiger partial charge < -0.3 is 10.4 Å². The van der Waals surface area contributed by atoms with Gasteiger partial charge in [0.2, 0.25) is 0 Å². The molecule has 1 aliphatic carbocycles. The van der Waals surface area contributed by atoms with Gasteiger partial charge in [-0.3, -0.25) is 0 Å². The monoisotopic (exact) mass is 281 g/mol. The standard InChI is InChI=1S/C14H23N3OS/c1-14(18,9-19-2)8-15-13-11-6-4-3-5-7-12(11)16-10-17-13/h10,18H,3-9H2,1-2H3,(H,15,16,17). The summed E-state index contributed by atoms with van der Waals surface area (Å²) in [5.74, 6) is 1.63. The number of anilines is 1. The SMILES string of the molecule is CSCC(C)(O)CNc1ncnc2c1CCCCC2. The van der Waals surface area contributed by atoms with Gasteiger partial charge in [-0.2, -0.15) is 11.8 Å². The number of nitrogens with one attached hydrogen (secondary N) is 1. The first-order chi connectivity index (χ1) is 9.12. The van der Waals surface area contributed by atoms with E-state index in [9.17, 15) is 5.11 Å². The van der Waals surface area contributed by atoms with Crippen molar-refractivity contribution in [3.63, 3.8) is 0 Å². The van der Waals surface area contributed by atoms with Gasteiger partial charge in [-0.05, 0) is 38.9 Å². The molecule has 1 aromatic rings. The molecule has 106 valence electrons. The van der Waals surface area contributed by atoms with E-state index in [-0.39, 0.29) is 0 Å². The van der Waals surface area contributed by atoms with E-state index in [0.29, 0.717) is 12.3 Å². The molecule has 0 aliphatic heterocycles. The molecule has 0 fully saturated rings. The normalized spacial score (nSPS) is 18.3. The van der Waals surface area contributed by atoms with Crippen LogP contribution in [0, 0.1) is 0 Å². The molecular weight excluding hydrogens is 258 g/mol. The van der Waals surface area contributed by atoms with Crippen LogP contribution in [0.3, 0.4) is 0 Å². The fraction of sp³-hybridized carbons (Fsp3) is 0.714. The van der Waals surface area contributed by atoms with Crippen LogP contribution in [0.25, 0.3) is 0 Å². The number of thioether (sulfide) groups is 1. The molecule has 0 bridgehead atoms. The third-order valence-corrected chi connectivity index (χ3v) is 4.38. The van der Waals surface area contributed by atoms with Gasteiger partial charge in [0.15, 0.2) is 0 Å². The molecule has 0 spiro atoms. The molecule has 2 N–H and O–H groups in total. The number of rotatable bonds is 5. The maximum atomic E-state index is 10.2. The number of aryl methyl sites for hydroxylation is 1. The number of fused-ring (bicyclic) bond motifs is 1. The minimum atomic E-state index is -0.706. The third kappa shape index (κ3) is 4.08. The fourth-order valence-electron chi connectivity index (χ4n) is 2.49. The highest BCUT2D eigenvalue weighted by Gasteiger charge is 2.21. The molecule has 5 heteroatoms. The highest BCUT2D eigenvalue weighted by atomic mass is 32.2. The lowest BCUT2D eigenvalue weighted by atomic mass is 10.1. The predicted molar refractivity (Wildman–Crippen MR) is 80.8 cm³/mol. The molecule has 1 aromatic heterocycles. The van der Waals surface area contributed by atoms with E-state index < -0.39 is 5.60 Å². The van der Waals surface area contributed by atoms with Crippen LogP contribution in [0.2, 0.25) is 0 Å². The van der Waals surface area contributed by atoms with Crippen LogP contribution >= 0.6 is 11.8 Å². The number of hydrogen-bond acceptors (Lipinski definition) is 5. The van der Waals surface area contributed by atoms with E-state index >= 15 is 0 Å². The van der Waals surface area contributed by atoms with Crippen molar-refractivity contribution in [2.24, 2.45) is 0 Å². The van der Waals surface area contributed by atoms with Gasteiger partial charge in [0.05, 0.1) is 5.60 Å². The van der Waals surface area contributed by atoms with Crippen molar-refractivity contribution < 1.29 is 5.11 Å². The minimum absolute atomic E-state index is 0.525. The van der Waals surface area contributed by atoms with Crippen molar-refractivity contribution in [2.75, 3.05) is 23.9 Å². The first-order valence-electron chi connectivity index (χ1n) is 6.90. The average Bonchev–Trinajstić information content (AvgIpc) is 2.61. The number of hydrogen-bond donors (Lipinski definition) is 2. The van der Waals surface area contributed by atoms with E-state index in [1.807, 2.05) is 13.2 Å². The second kappa shape index (κ2) is 6.57. The first kappa shape index (κ1) is 14.6. The Bertz CT molecular complexity index is 423. The van der Waals surface area contributed by atoms with Crippen molar-refractivity contribution >= 4 is 17.6 Å². The lowest BCUT2D eigenvalue weighted by molar-refractivity contribution is 0.0996. The molecule has 1 heterocycles. The number of aliphatic hydroxyl groups is 1. The average molecular weight is 281 g/mol. The zero-order valence-electron chi connectivity index (χ0n) is 11.8. The predicted octanol–water partition coefficient (Wildman–Crippen LogP) is 2.27. The fourth-order valence-corrected chi connectivity index (χ4v) is 3.21. The Balaban J connectivity index is 2.08. The first-order valence-corrected chi connectivity index (χ1v) is 8.30. The van der Waals surface area contributed by atoms with Gasteiger partial charge >= 0.3 is 0 Å². The molecule has 0 amide bonds. The molecule has 1 aliphatic rings. The molecule has 1 atom stereocenters. The van der Waals surface area contributed by atoms with E-state index in [1.54, 1.807) is 18.1 Å². The number of nitrogens with zero attached hydrogens (tertiary/aromatic N) is 2. The van der Waals surface area contributed by atoms with Crippen LogP contribution in [-0.4, -0.2) is 39.2 Å². The molecule has 4 nitrogen and oxygen atoms in total. The molecule has 19 heavy (non-hydrogen) atoms. The summed E-state index contributed by atoms with van der Waals surface area (Å²) in [4.78, 5) is 8.76. The smallest absolute Gasteiger partial charge is 0.132 e. The van der Waals surface area contributed by atoms with Gasteiger partial charge in [0, 0.05) is 23.6 Å². The zero-order valence-corrected chi connectivity index (χ0v) is 12.6. The summed E-state index contributed by atoms with van der Waals surface area (Å²) >= 11 is 1.65. The maximum absolute atomic E-state index is 10.2. The van der Waals surface area contributed by atoms with E-state index in [4.69, 9.17) is 0 Å².